The molecule has 12 heteroatoms. The highest BCUT2D eigenvalue weighted by molar-refractivity contribution is 7.89. The SMILES string of the molecule is CCN(CC(=O)Nc1cc(C(F)(F)F)ccc1Cl)S(=O)(=O)c1ccc(OC)c(Cl)c1. The molecule has 164 valence electrons. The first-order valence-corrected chi connectivity index (χ1v) is 10.6. The maximum Gasteiger partial charge on any atom is 0.416 e. The molecule has 1 N–H and O–H groups in total. The van der Waals surface area contributed by atoms with Crippen molar-refractivity contribution in [3.8, 4) is 5.75 Å². The summed E-state index contributed by atoms with van der Waals surface area (Å²) in [5.74, 6) is -0.586. The van der Waals surface area contributed by atoms with Gasteiger partial charge in [-0.05, 0) is 36.4 Å². The smallest absolute Gasteiger partial charge is 0.416 e. The molecule has 30 heavy (non-hydrogen) atoms. The van der Waals surface area contributed by atoms with Crippen LogP contribution in [0.3, 0.4) is 0 Å². The average molecular weight is 485 g/mol. The van der Waals surface area contributed by atoms with Crippen LogP contribution < -0.4 is 10.1 Å². The van der Waals surface area contributed by atoms with Crippen molar-refractivity contribution in [2.75, 3.05) is 25.5 Å². The molecule has 0 spiro atoms. The van der Waals surface area contributed by atoms with Crippen molar-refractivity contribution in [3.63, 3.8) is 0 Å². The number of carbonyl (C=O) groups excluding carboxylic acids is 1. The molecule has 0 aliphatic rings. The molecule has 0 fully saturated rings. The normalized spacial score (nSPS) is 12.1. The van der Waals surface area contributed by atoms with E-state index in [0.29, 0.717) is 6.07 Å². The van der Waals surface area contributed by atoms with Crippen molar-refractivity contribution in [2.45, 2.75) is 18.0 Å². The second-order valence-electron chi connectivity index (χ2n) is 5.97. The largest absolute Gasteiger partial charge is 0.495 e. The summed E-state index contributed by atoms with van der Waals surface area (Å²) in [7, 11) is -2.74. The average Bonchev–Trinajstić information content (AvgIpc) is 2.66. The number of benzene rings is 2. The van der Waals surface area contributed by atoms with Crippen molar-refractivity contribution in [3.05, 3.63) is 52.0 Å². The number of hydrogen-bond donors (Lipinski definition) is 1. The van der Waals surface area contributed by atoms with Crippen LogP contribution in [0, 0.1) is 0 Å². The Labute approximate surface area is 181 Å². The minimum atomic E-state index is -4.63. The third kappa shape index (κ3) is 5.57. The molecule has 0 radical (unpaired) electrons. The van der Waals surface area contributed by atoms with E-state index in [1.165, 1.54) is 32.2 Å². The number of nitrogens with one attached hydrogen (secondary N) is 1. The van der Waals surface area contributed by atoms with Gasteiger partial charge in [-0.25, -0.2) is 8.42 Å². The quantitative estimate of drug-likeness (QED) is 0.619. The summed E-state index contributed by atoms with van der Waals surface area (Å²) in [5.41, 5.74) is -1.28. The third-order valence-electron chi connectivity index (χ3n) is 4.00. The minimum Gasteiger partial charge on any atom is -0.495 e. The zero-order valence-corrected chi connectivity index (χ0v) is 18.1. The van der Waals surface area contributed by atoms with Crippen LogP contribution >= 0.6 is 23.2 Å². The van der Waals surface area contributed by atoms with E-state index in [9.17, 15) is 26.4 Å². The Morgan fingerprint density at radius 1 is 1.13 bits per heavy atom. The Bertz CT molecular complexity index is 1050. The number of ether oxygens (including phenoxy) is 1. The summed E-state index contributed by atoms with van der Waals surface area (Å²) >= 11 is 11.8. The predicted molar refractivity (Wildman–Crippen MR) is 108 cm³/mol. The molecule has 0 bridgehead atoms. The molecule has 2 aromatic carbocycles. The number of halogens is 5. The molecule has 0 aromatic heterocycles. The van der Waals surface area contributed by atoms with Gasteiger partial charge in [0.2, 0.25) is 15.9 Å². The molecular formula is C18H17Cl2F3N2O4S. The van der Waals surface area contributed by atoms with Crippen LogP contribution in [-0.2, 0) is 21.0 Å². The molecule has 1 amide bonds. The topological polar surface area (TPSA) is 75.7 Å². The minimum absolute atomic E-state index is 0.0647. The van der Waals surface area contributed by atoms with E-state index < -0.39 is 34.2 Å². The van der Waals surface area contributed by atoms with E-state index in [2.05, 4.69) is 5.32 Å². The number of likely N-dealkylation sites (N-methyl/N-ethyl adjacent to an activating group) is 1. The maximum atomic E-state index is 12.9. The van der Waals surface area contributed by atoms with Gasteiger partial charge in [0, 0.05) is 6.54 Å². The van der Waals surface area contributed by atoms with Gasteiger partial charge in [0.05, 0.1) is 39.8 Å². The second-order valence-corrected chi connectivity index (χ2v) is 8.72. The lowest BCUT2D eigenvalue weighted by Crippen LogP contribution is -2.37. The number of nitrogens with zero attached hydrogens (tertiary/aromatic N) is 1. The summed E-state index contributed by atoms with van der Waals surface area (Å²) in [6, 6.07) is 6.26. The van der Waals surface area contributed by atoms with Crippen molar-refractivity contribution in [1.82, 2.24) is 4.31 Å². The Balaban J connectivity index is 2.23. The molecule has 0 unspecified atom stereocenters. The van der Waals surface area contributed by atoms with E-state index in [4.69, 9.17) is 27.9 Å². The molecule has 0 heterocycles. The number of hydrogen-bond acceptors (Lipinski definition) is 4. The first-order valence-electron chi connectivity index (χ1n) is 8.40. The molecule has 2 rings (SSSR count). The van der Waals surface area contributed by atoms with Crippen LogP contribution in [0.5, 0.6) is 5.75 Å². The van der Waals surface area contributed by atoms with Crippen molar-refractivity contribution < 1.29 is 31.1 Å². The van der Waals surface area contributed by atoms with Gasteiger partial charge in [-0.3, -0.25) is 4.79 Å². The van der Waals surface area contributed by atoms with Gasteiger partial charge in [-0.2, -0.15) is 17.5 Å². The number of methoxy groups -OCH3 is 1. The van der Waals surface area contributed by atoms with Crippen molar-refractivity contribution in [1.29, 1.82) is 0 Å². The molecule has 6 nitrogen and oxygen atoms in total. The molecular weight excluding hydrogens is 468 g/mol. The first-order chi connectivity index (χ1) is 13.9. The molecule has 2 aromatic rings. The number of carbonyl (C=O) groups is 1. The third-order valence-corrected chi connectivity index (χ3v) is 6.54. The number of anilines is 1. The van der Waals surface area contributed by atoms with Gasteiger partial charge in [0.15, 0.2) is 0 Å². The van der Waals surface area contributed by atoms with Crippen LogP contribution in [0.15, 0.2) is 41.3 Å². The van der Waals surface area contributed by atoms with Crippen LogP contribution in [0.1, 0.15) is 12.5 Å². The summed E-state index contributed by atoms with van der Waals surface area (Å²) < 4.78 is 70.1. The molecule has 0 aliphatic heterocycles. The van der Waals surface area contributed by atoms with Gasteiger partial charge in [0.25, 0.3) is 0 Å². The summed E-state index contributed by atoms with van der Waals surface area (Å²) in [6.45, 7) is 0.790. The summed E-state index contributed by atoms with van der Waals surface area (Å²) in [6.07, 6.45) is -4.63. The molecule has 0 atom stereocenters. The second kappa shape index (κ2) is 9.42. The lowest BCUT2D eigenvalue weighted by molar-refractivity contribution is -0.137. The molecule has 0 saturated heterocycles. The first kappa shape index (κ1) is 24.3. The predicted octanol–water partition coefficient (Wildman–Crippen LogP) is 4.67. The highest BCUT2D eigenvalue weighted by atomic mass is 35.5. The molecule has 0 aliphatic carbocycles. The van der Waals surface area contributed by atoms with E-state index >= 15 is 0 Å². The van der Waals surface area contributed by atoms with E-state index in [1.807, 2.05) is 0 Å². The molecule has 0 saturated carbocycles. The van der Waals surface area contributed by atoms with Gasteiger partial charge in [0.1, 0.15) is 5.75 Å². The van der Waals surface area contributed by atoms with Gasteiger partial charge in [-0.1, -0.05) is 30.1 Å². The maximum absolute atomic E-state index is 12.9. The van der Waals surface area contributed by atoms with Gasteiger partial charge >= 0.3 is 6.18 Å². The van der Waals surface area contributed by atoms with Crippen LogP contribution in [-0.4, -0.2) is 38.8 Å². The standard InChI is InChI=1S/C18H17Cl2F3N2O4S/c1-3-25(30(27,28)12-5-7-16(29-2)14(20)9-12)10-17(26)24-15-8-11(18(21,22)23)4-6-13(15)19/h4-9H,3,10H2,1-2H3,(H,24,26). The van der Waals surface area contributed by atoms with Crippen LogP contribution in [0.4, 0.5) is 18.9 Å². The van der Waals surface area contributed by atoms with Crippen molar-refractivity contribution >= 4 is 44.8 Å². The van der Waals surface area contributed by atoms with Crippen LogP contribution in [0.25, 0.3) is 0 Å². The lowest BCUT2D eigenvalue weighted by Gasteiger charge is -2.21. The number of rotatable bonds is 7. The zero-order valence-electron chi connectivity index (χ0n) is 15.8. The van der Waals surface area contributed by atoms with E-state index in [-0.39, 0.29) is 32.9 Å². The summed E-state index contributed by atoms with van der Waals surface area (Å²) in [4.78, 5) is 12.2. The fourth-order valence-corrected chi connectivity index (χ4v) is 4.39. The lowest BCUT2D eigenvalue weighted by atomic mass is 10.2. The Kier molecular flexibility index (Phi) is 7.62. The Hall–Kier alpha value is -2.01. The highest BCUT2D eigenvalue weighted by Gasteiger charge is 2.31. The summed E-state index contributed by atoms with van der Waals surface area (Å²) in [5, 5.41) is 2.16. The Morgan fingerprint density at radius 2 is 1.80 bits per heavy atom. The van der Waals surface area contributed by atoms with Crippen LogP contribution in [0.2, 0.25) is 10.0 Å². The highest BCUT2D eigenvalue weighted by Crippen LogP contribution is 2.34. The number of sulfonamides is 1. The monoisotopic (exact) mass is 484 g/mol. The number of amides is 1. The van der Waals surface area contributed by atoms with Gasteiger partial charge < -0.3 is 10.1 Å². The van der Waals surface area contributed by atoms with Crippen molar-refractivity contribution in [2.24, 2.45) is 0 Å². The number of alkyl halides is 3. The zero-order chi connectivity index (χ0) is 22.7. The Morgan fingerprint density at radius 3 is 2.33 bits per heavy atom. The van der Waals surface area contributed by atoms with E-state index in [0.717, 1.165) is 16.4 Å². The van der Waals surface area contributed by atoms with Gasteiger partial charge in [-0.15, -0.1) is 0 Å². The fraction of sp³-hybridized carbons (Fsp3) is 0.278. The van der Waals surface area contributed by atoms with E-state index in [1.54, 1.807) is 0 Å². The fourth-order valence-electron chi connectivity index (χ4n) is 2.47.